The summed E-state index contributed by atoms with van der Waals surface area (Å²) < 4.78 is 7.41. The Hall–Kier alpha value is -2.70. The van der Waals surface area contributed by atoms with Crippen LogP contribution in [0.25, 0.3) is 0 Å². The molecule has 2 aromatic heterocycles. The number of hydrogen-bond donors (Lipinski definition) is 1. The van der Waals surface area contributed by atoms with Crippen LogP contribution in [-0.2, 0) is 24.9 Å². The lowest BCUT2D eigenvalue weighted by Crippen LogP contribution is -2.46. The van der Waals surface area contributed by atoms with E-state index in [0.29, 0.717) is 26.2 Å². The molecule has 0 unspecified atom stereocenters. The van der Waals surface area contributed by atoms with Gasteiger partial charge in [0.1, 0.15) is 12.3 Å². The van der Waals surface area contributed by atoms with Crippen molar-refractivity contribution in [3.8, 4) is 0 Å². The standard InChI is InChI=1S/C20H30N4O3/c1-4-6-12-23(20(26)21-5-2)16-19(25)24(15-18-10-8-13-27-18)14-17-9-7-11-22(17)3/h7-11,13H,4-6,12,14-16H2,1-3H3,(H,21,26). The molecule has 2 aromatic rings. The van der Waals surface area contributed by atoms with Crippen LogP contribution in [0.2, 0.25) is 0 Å². The minimum Gasteiger partial charge on any atom is -0.467 e. The van der Waals surface area contributed by atoms with Gasteiger partial charge in [-0.1, -0.05) is 13.3 Å². The first-order valence-electron chi connectivity index (χ1n) is 9.48. The number of aryl methyl sites for hydroxylation is 1. The smallest absolute Gasteiger partial charge is 0.317 e. The molecule has 0 aliphatic carbocycles. The zero-order valence-corrected chi connectivity index (χ0v) is 16.5. The lowest BCUT2D eigenvalue weighted by atomic mass is 10.3. The van der Waals surface area contributed by atoms with E-state index in [9.17, 15) is 9.59 Å². The number of nitrogens with zero attached hydrogens (tertiary/aromatic N) is 3. The summed E-state index contributed by atoms with van der Waals surface area (Å²) in [5, 5.41) is 2.79. The van der Waals surface area contributed by atoms with Crippen molar-refractivity contribution in [3.63, 3.8) is 0 Å². The maximum atomic E-state index is 13.0. The summed E-state index contributed by atoms with van der Waals surface area (Å²) >= 11 is 0. The van der Waals surface area contributed by atoms with Gasteiger partial charge in [0.2, 0.25) is 5.91 Å². The fourth-order valence-corrected chi connectivity index (χ4v) is 2.81. The average Bonchev–Trinajstić information content (AvgIpc) is 3.30. The molecule has 0 bridgehead atoms. The molecule has 2 rings (SSSR count). The monoisotopic (exact) mass is 374 g/mol. The van der Waals surface area contributed by atoms with Gasteiger partial charge >= 0.3 is 6.03 Å². The maximum Gasteiger partial charge on any atom is 0.317 e. The van der Waals surface area contributed by atoms with Gasteiger partial charge in [-0.25, -0.2) is 4.79 Å². The largest absolute Gasteiger partial charge is 0.467 e. The molecule has 148 valence electrons. The van der Waals surface area contributed by atoms with Crippen molar-refractivity contribution in [3.05, 3.63) is 48.2 Å². The van der Waals surface area contributed by atoms with Crippen LogP contribution in [0, 0.1) is 0 Å². The Morgan fingerprint density at radius 3 is 2.56 bits per heavy atom. The van der Waals surface area contributed by atoms with Crippen molar-refractivity contribution < 1.29 is 14.0 Å². The summed E-state index contributed by atoms with van der Waals surface area (Å²) in [5.74, 6) is 0.616. The molecule has 1 N–H and O–H groups in total. The second kappa shape index (κ2) is 10.4. The number of carbonyl (C=O) groups is 2. The maximum absolute atomic E-state index is 13.0. The lowest BCUT2D eigenvalue weighted by Gasteiger charge is -2.27. The number of hydrogen-bond acceptors (Lipinski definition) is 3. The Kier molecular flexibility index (Phi) is 7.98. The first-order chi connectivity index (χ1) is 13.0. The van der Waals surface area contributed by atoms with Crippen LogP contribution in [0.5, 0.6) is 0 Å². The van der Waals surface area contributed by atoms with E-state index in [4.69, 9.17) is 4.42 Å². The molecule has 3 amide bonds. The Labute approximate surface area is 160 Å². The van der Waals surface area contributed by atoms with Gasteiger partial charge in [-0.05, 0) is 37.6 Å². The molecule has 0 aromatic carbocycles. The van der Waals surface area contributed by atoms with Gasteiger partial charge in [-0.15, -0.1) is 0 Å². The van der Waals surface area contributed by atoms with E-state index in [-0.39, 0.29) is 18.5 Å². The molecule has 0 aliphatic heterocycles. The number of nitrogens with one attached hydrogen (secondary N) is 1. The summed E-state index contributed by atoms with van der Waals surface area (Å²) in [6.45, 7) is 5.92. The predicted octanol–water partition coefficient (Wildman–Crippen LogP) is 2.98. The average molecular weight is 374 g/mol. The molecule has 0 spiro atoms. The third kappa shape index (κ3) is 6.20. The molecule has 0 saturated heterocycles. The highest BCUT2D eigenvalue weighted by Gasteiger charge is 2.22. The normalized spacial score (nSPS) is 10.6. The first-order valence-corrected chi connectivity index (χ1v) is 9.48. The molecular formula is C20H30N4O3. The number of carbonyl (C=O) groups excluding carboxylic acids is 2. The number of rotatable bonds is 10. The number of furan rings is 1. The van der Waals surface area contributed by atoms with Gasteiger partial charge in [-0.3, -0.25) is 4.79 Å². The van der Waals surface area contributed by atoms with Crippen LogP contribution in [0.3, 0.4) is 0 Å². The first kappa shape index (κ1) is 20.6. The molecular weight excluding hydrogens is 344 g/mol. The van der Waals surface area contributed by atoms with Crippen molar-refractivity contribution in [2.75, 3.05) is 19.6 Å². The Bertz CT molecular complexity index is 709. The van der Waals surface area contributed by atoms with Crippen LogP contribution in [0.15, 0.2) is 41.1 Å². The van der Waals surface area contributed by atoms with Gasteiger partial charge in [0.05, 0.1) is 19.4 Å². The van der Waals surface area contributed by atoms with Crippen molar-refractivity contribution in [2.24, 2.45) is 7.05 Å². The Morgan fingerprint density at radius 1 is 1.15 bits per heavy atom. The Balaban J connectivity index is 2.12. The van der Waals surface area contributed by atoms with Crippen LogP contribution in [0.1, 0.15) is 38.1 Å². The van der Waals surface area contributed by atoms with E-state index in [1.54, 1.807) is 16.1 Å². The fourth-order valence-electron chi connectivity index (χ4n) is 2.81. The van der Waals surface area contributed by atoms with Gasteiger partial charge < -0.3 is 24.1 Å². The van der Waals surface area contributed by atoms with Crippen molar-refractivity contribution in [2.45, 2.75) is 39.8 Å². The lowest BCUT2D eigenvalue weighted by molar-refractivity contribution is -0.133. The van der Waals surface area contributed by atoms with E-state index < -0.39 is 0 Å². The van der Waals surface area contributed by atoms with E-state index in [2.05, 4.69) is 12.2 Å². The second-order valence-electron chi connectivity index (χ2n) is 6.55. The highest BCUT2D eigenvalue weighted by molar-refractivity contribution is 5.84. The molecule has 0 aliphatic rings. The molecule has 0 fully saturated rings. The number of amides is 3. The summed E-state index contributed by atoms with van der Waals surface area (Å²) in [6.07, 6.45) is 5.37. The van der Waals surface area contributed by atoms with Crippen molar-refractivity contribution in [1.82, 2.24) is 19.7 Å². The fraction of sp³-hybridized carbons (Fsp3) is 0.500. The molecule has 0 radical (unpaired) electrons. The van der Waals surface area contributed by atoms with Gasteiger partial charge in [0.25, 0.3) is 0 Å². The third-order valence-corrected chi connectivity index (χ3v) is 4.41. The summed E-state index contributed by atoms with van der Waals surface area (Å²) in [6, 6.07) is 7.40. The minimum absolute atomic E-state index is 0.0525. The topological polar surface area (TPSA) is 70.7 Å². The number of unbranched alkanes of at least 4 members (excludes halogenated alkanes) is 1. The zero-order valence-electron chi connectivity index (χ0n) is 16.5. The van der Waals surface area contributed by atoms with E-state index in [1.165, 1.54) is 0 Å². The van der Waals surface area contributed by atoms with Crippen LogP contribution >= 0.6 is 0 Å². The molecule has 2 heterocycles. The number of urea groups is 1. The van der Waals surface area contributed by atoms with Crippen molar-refractivity contribution >= 4 is 11.9 Å². The summed E-state index contributed by atoms with van der Waals surface area (Å²) in [5.41, 5.74) is 1.02. The number of aromatic nitrogens is 1. The van der Waals surface area contributed by atoms with Crippen LogP contribution < -0.4 is 5.32 Å². The summed E-state index contributed by atoms with van der Waals surface area (Å²) in [7, 11) is 1.95. The highest BCUT2D eigenvalue weighted by atomic mass is 16.3. The summed E-state index contributed by atoms with van der Waals surface area (Å²) in [4.78, 5) is 28.7. The molecule has 27 heavy (non-hydrogen) atoms. The second-order valence-corrected chi connectivity index (χ2v) is 6.55. The molecule has 7 heteroatoms. The third-order valence-electron chi connectivity index (χ3n) is 4.41. The molecule has 0 saturated carbocycles. The highest BCUT2D eigenvalue weighted by Crippen LogP contribution is 2.12. The van der Waals surface area contributed by atoms with E-state index in [0.717, 1.165) is 24.3 Å². The molecule has 7 nitrogen and oxygen atoms in total. The minimum atomic E-state index is -0.198. The van der Waals surface area contributed by atoms with Gasteiger partial charge in [0.15, 0.2) is 0 Å². The van der Waals surface area contributed by atoms with Crippen LogP contribution in [-0.4, -0.2) is 45.9 Å². The van der Waals surface area contributed by atoms with Crippen molar-refractivity contribution in [1.29, 1.82) is 0 Å². The quantitative estimate of drug-likeness (QED) is 0.695. The van der Waals surface area contributed by atoms with Gasteiger partial charge in [0, 0.05) is 32.0 Å². The Morgan fingerprint density at radius 2 is 1.96 bits per heavy atom. The predicted molar refractivity (Wildman–Crippen MR) is 104 cm³/mol. The zero-order chi connectivity index (χ0) is 19.6. The van der Waals surface area contributed by atoms with E-state index in [1.807, 2.05) is 49.0 Å². The van der Waals surface area contributed by atoms with Crippen LogP contribution in [0.4, 0.5) is 4.79 Å². The molecule has 0 atom stereocenters. The van der Waals surface area contributed by atoms with E-state index >= 15 is 0 Å². The van der Waals surface area contributed by atoms with Gasteiger partial charge in [-0.2, -0.15) is 0 Å². The SMILES string of the molecule is CCCCN(CC(=O)N(Cc1ccco1)Cc1cccn1C)C(=O)NCC.